The lowest BCUT2D eigenvalue weighted by molar-refractivity contribution is 0.0652. The molecule has 0 unspecified atom stereocenters. The van der Waals surface area contributed by atoms with Gasteiger partial charge in [-0.15, -0.1) is 5.10 Å². The van der Waals surface area contributed by atoms with E-state index in [-0.39, 0.29) is 11.8 Å². The Labute approximate surface area is 178 Å². The van der Waals surface area contributed by atoms with Gasteiger partial charge in [0, 0.05) is 12.3 Å². The van der Waals surface area contributed by atoms with Crippen molar-refractivity contribution in [3.05, 3.63) is 59.7 Å². The molecule has 9 heteroatoms. The Morgan fingerprint density at radius 1 is 0.967 bits per heavy atom. The quantitative estimate of drug-likeness (QED) is 0.296. The average Bonchev–Trinajstić information content (AvgIpc) is 3.33. The van der Waals surface area contributed by atoms with E-state index >= 15 is 0 Å². The molecule has 0 fully saturated rings. The maximum Gasteiger partial charge on any atom is 0.261 e. The summed E-state index contributed by atoms with van der Waals surface area (Å²) in [6.07, 6.45) is 1.54. The number of hydrogen-bond donors (Lipinski definition) is 0. The van der Waals surface area contributed by atoms with Crippen molar-refractivity contribution >= 4 is 23.6 Å². The third-order valence-corrected chi connectivity index (χ3v) is 5.73. The van der Waals surface area contributed by atoms with E-state index in [4.69, 9.17) is 4.74 Å². The van der Waals surface area contributed by atoms with Gasteiger partial charge in [0.1, 0.15) is 11.4 Å². The molecule has 30 heavy (non-hydrogen) atoms. The molecule has 2 heterocycles. The highest BCUT2D eigenvalue weighted by atomic mass is 32.2. The highest BCUT2D eigenvalue weighted by Gasteiger charge is 2.34. The molecule has 0 N–H and O–H groups in total. The minimum Gasteiger partial charge on any atom is -0.492 e. The first-order chi connectivity index (χ1) is 14.7. The van der Waals surface area contributed by atoms with Crippen molar-refractivity contribution in [2.45, 2.75) is 24.9 Å². The molecule has 0 radical (unpaired) electrons. The minimum absolute atomic E-state index is 0.209. The predicted octanol–water partition coefficient (Wildman–Crippen LogP) is 3.23. The Bertz CT molecular complexity index is 1030. The Hall–Kier alpha value is -3.20. The van der Waals surface area contributed by atoms with Gasteiger partial charge in [0.2, 0.25) is 5.16 Å². The standard InChI is InChI=1S/C21H21N5O3S/c1-2-29-18-12-6-5-11-17(18)26-21(22-23-24-26)30-14-8-7-13-25-19(27)15-9-3-4-10-16(15)20(25)28/h3-6,9-12H,2,7-8,13-14H2,1H3. The van der Waals surface area contributed by atoms with Crippen LogP contribution in [-0.4, -0.2) is 55.8 Å². The molecule has 4 rings (SSSR count). The summed E-state index contributed by atoms with van der Waals surface area (Å²) in [5, 5.41) is 12.7. The number of ether oxygens (including phenoxy) is 1. The zero-order chi connectivity index (χ0) is 20.9. The summed E-state index contributed by atoms with van der Waals surface area (Å²) < 4.78 is 7.33. The summed E-state index contributed by atoms with van der Waals surface area (Å²) in [7, 11) is 0. The van der Waals surface area contributed by atoms with E-state index in [2.05, 4.69) is 15.5 Å². The Morgan fingerprint density at radius 2 is 1.67 bits per heavy atom. The predicted molar refractivity (Wildman–Crippen MR) is 112 cm³/mol. The molecule has 0 saturated heterocycles. The van der Waals surface area contributed by atoms with Crippen LogP contribution in [-0.2, 0) is 0 Å². The molecule has 0 atom stereocenters. The smallest absolute Gasteiger partial charge is 0.261 e. The number of unbranched alkanes of at least 4 members (excludes halogenated alkanes) is 1. The lowest BCUT2D eigenvalue weighted by Crippen LogP contribution is -2.30. The molecule has 0 bridgehead atoms. The van der Waals surface area contributed by atoms with Crippen LogP contribution >= 0.6 is 11.8 Å². The fourth-order valence-corrected chi connectivity index (χ4v) is 4.19. The summed E-state index contributed by atoms with van der Waals surface area (Å²) >= 11 is 1.53. The van der Waals surface area contributed by atoms with Gasteiger partial charge >= 0.3 is 0 Å². The highest BCUT2D eigenvalue weighted by molar-refractivity contribution is 7.99. The highest BCUT2D eigenvalue weighted by Crippen LogP contribution is 2.27. The van der Waals surface area contributed by atoms with E-state index < -0.39 is 0 Å². The summed E-state index contributed by atoms with van der Waals surface area (Å²) in [6.45, 7) is 2.89. The van der Waals surface area contributed by atoms with Gasteiger partial charge in [-0.1, -0.05) is 36.0 Å². The number of amides is 2. The second-order valence-electron chi connectivity index (χ2n) is 6.64. The summed E-state index contributed by atoms with van der Waals surface area (Å²) in [5.74, 6) is 1.07. The zero-order valence-corrected chi connectivity index (χ0v) is 17.3. The number of carbonyl (C=O) groups is 2. The second-order valence-corrected chi connectivity index (χ2v) is 7.70. The number of tetrazole rings is 1. The van der Waals surface area contributed by atoms with Gasteiger partial charge < -0.3 is 4.74 Å². The molecule has 3 aromatic rings. The van der Waals surface area contributed by atoms with Crippen LogP contribution in [0, 0.1) is 0 Å². The second kappa shape index (κ2) is 9.08. The van der Waals surface area contributed by atoms with Gasteiger partial charge in [-0.2, -0.15) is 4.68 Å². The van der Waals surface area contributed by atoms with Gasteiger partial charge in [-0.3, -0.25) is 14.5 Å². The van der Waals surface area contributed by atoms with Crippen LogP contribution in [0.2, 0.25) is 0 Å². The third-order valence-electron chi connectivity index (χ3n) is 4.72. The van der Waals surface area contributed by atoms with Crippen molar-refractivity contribution in [2.75, 3.05) is 18.9 Å². The van der Waals surface area contributed by atoms with Crippen LogP contribution in [0.1, 0.15) is 40.5 Å². The molecule has 1 aromatic heterocycles. The topological polar surface area (TPSA) is 90.2 Å². The molecule has 2 aromatic carbocycles. The SMILES string of the molecule is CCOc1ccccc1-n1nnnc1SCCCCN1C(=O)c2ccccc2C1=O. The van der Waals surface area contributed by atoms with Crippen molar-refractivity contribution in [1.29, 1.82) is 0 Å². The summed E-state index contributed by atoms with van der Waals surface area (Å²) in [4.78, 5) is 26.1. The number of rotatable bonds is 9. The lowest BCUT2D eigenvalue weighted by Gasteiger charge is -2.13. The van der Waals surface area contributed by atoms with Crippen molar-refractivity contribution in [1.82, 2.24) is 25.1 Å². The zero-order valence-electron chi connectivity index (χ0n) is 16.5. The van der Waals surface area contributed by atoms with Crippen LogP contribution in [0.3, 0.4) is 0 Å². The molecule has 2 amide bonds. The van der Waals surface area contributed by atoms with Crippen LogP contribution in [0.15, 0.2) is 53.7 Å². The number of imide groups is 1. The Balaban J connectivity index is 1.31. The van der Waals surface area contributed by atoms with E-state index in [0.29, 0.717) is 29.4 Å². The Kier molecular flexibility index (Phi) is 6.08. The first-order valence-electron chi connectivity index (χ1n) is 9.79. The van der Waals surface area contributed by atoms with Crippen LogP contribution in [0.5, 0.6) is 5.75 Å². The average molecular weight is 423 g/mol. The first-order valence-corrected chi connectivity index (χ1v) is 10.8. The number of carbonyl (C=O) groups excluding carboxylic acids is 2. The van der Waals surface area contributed by atoms with Gasteiger partial charge in [0.15, 0.2) is 0 Å². The maximum atomic E-state index is 12.4. The van der Waals surface area contributed by atoms with Crippen molar-refractivity contribution in [2.24, 2.45) is 0 Å². The van der Waals surface area contributed by atoms with Gasteiger partial charge in [0.25, 0.3) is 11.8 Å². The molecule has 8 nitrogen and oxygen atoms in total. The van der Waals surface area contributed by atoms with Gasteiger partial charge in [0.05, 0.1) is 17.7 Å². The van der Waals surface area contributed by atoms with Crippen LogP contribution in [0.4, 0.5) is 0 Å². The third kappa shape index (κ3) is 3.93. The van der Waals surface area contributed by atoms with E-state index in [1.165, 1.54) is 16.7 Å². The van der Waals surface area contributed by atoms with Crippen LogP contribution < -0.4 is 4.74 Å². The first kappa shape index (κ1) is 20.1. The molecule has 1 aliphatic rings. The normalized spacial score (nSPS) is 13.0. The number of para-hydroxylation sites is 2. The number of fused-ring (bicyclic) bond motifs is 1. The fraction of sp³-hybridized carbons (Fsp3) is 0.286. The molecule has 1 aliphatic heterocycles. The van der Waals surface area contributed by atoms with E-state index in [1.807, 2.05) is 31.2 Å². The van der Waals surface area contributed by atoms with Crippen LogP contribution in [0.25, 0.3) is 5.69 Å². The number of benzene rings is 2. The molecule has 154 valence electrons. The molecule has 0 saturated carbocycles. The molecular weight excluding hydrogens is 402 g/mol. The molecular formula is C21H21N5O3S. The van der Waals surface area contributed by atoms with E-state index in [0.717, 1.165) is 30.0 Å². The fourth-order valence-electron chi connectivity index (χ4n) is 3.31. The molecule has 0 aliphatic carbocycles. The number of aromatic nitrogens is 4. The number of nitrogens with zero attached hydrogens (tertiary/aromatic N) is 5. The number of thioether (sulfide) groups is 1. The molecule has 0 spiro atoms. The van der Waals surface area contributed by atoms with Crippen molar-refractivity contribution in [3.63, 3.8) is 0 Å². The lowest BCUT2D eigenvalue weighted by atomic mass is 10.1. The monoisotopic (exact) mass is 423 g/mol. The van der Waals surface area contributed by atoms with Gasteiger partial charge in [-0.25, -0.2) is 0 Å². The number of hydrogen-bond acceptors (Lipinski definition) is 7. The summed E-state index contributed by atoms with van der Waals surface area (Å²) in [6, 6.07) is 14.6. The Morgan fingerprint density at radius 3 is 2.40 bits per heavy atom. The largest absolute Gasteiger partial charge is 0.492 e. The minimum atomic E-state index is -0.209. The van der Waals surface area contributed by atoms with Gasteiger partial charge in [-0.05, 0) is 54.5 Å². The van der Waals surface area contributed by atoms with E-state index in [9.17, 15) is 9.59 Å². The summed E-state index contributed by atoms with van der Waals surface area (Å²) in [5.41, 5.74) is 1.77. The maximum absolute atomic E-state index is 12.4. The van der Waals surface area contributed by atoms with Crippen molar-refractivity contribution < 1.29 is 14.3 Å². The van der Waals surface area contributed by atoms with E-state index in [1.54, 1.807) is 28.9 Å². The van der Waals surface area contributed by atoms with Crippen molar-refractivity contribution in [3.8, 4) is 11.4 Å².